The molecule has 0 aliphatic heterocycles. The van der Waals surface area contributed by atoms with Crippen molar-refractivity contribution in [1.29, 1.82) is 0 Å². The van der Waals surface area contributed by atoms with E-state index in [1.807, 2.05) is 49.0 Å². The maximum Gasteiger partial charge on any atom is 0.160 e. The fraction of sp³-hybridized carbons (Fsp3) is 0.231. The van der Waals surface area contributed by atoms with E-state index in [9.17, 15) is 0 Å². The van der Waals surface area contributed by atoms with Crippen LogP contribution in [0.25, 0.3) is 16.9 Å². The zero-order chi connectivity index (χ0) is 13.6. The van der Waals surface area contributed by atoms with E-state index < -0.39 is 0 Å². The Morgan fingerprint density at radius 2 is 2.05 bits per heavy atom. The maximum atomic E-state index is 6.23. The van der Waals surface area contributed by atoms with Gasteiger partial charge in [-0.05, 0) is 25.1 Å². The van der Waals surface area contributed by atoms with Crippen LogP contribution in [0.15, 0.2) is 30.5 Å². The minimum absolute atomic E-state index is 0.215. The van der Waals surface area contributed by atoms with Gasteiger partial charge in [0.2, 0.25) is 0 Å². The molecule has 3 rings (SSSR count). The van der Waals surface area contributed by atoms with Gasteiger partial charge in [0, 0.05) is 24.3 Å². The molecule has 2 heterocycles. The van der Waals surface area contributed by atoms with Gasteiger partial charge in [-0.2, -0.15) is 5.10 Å². The van der Waals surface area contributed by atoms with Crippen molar-refractivity contribution in [3.05, 3.63) is 41.3 Å². The van der Waals surface area contributed by atoms with Crippen molar-refractivity contribution < 1.29 is 0 Å². The Labute approximate surface area is 120 Å². The molecule has 4 nitrogen and oxygen atoms in total. The predicted octanol–water partition coefficient (Wildman–Crippen LogP) is 3.71. The van der Waals surface area contributed by atoms with E-state index in [1.165, 1.54) is 0 Å². The molecular weight excluding hydrogens is 283 g/mol. The molecule has 19 heavy (non-hydrogen) atoms. The van der Waals surface area contributed by atoms with Gasteiger partial charge >= 0.3 is 0 Å². The monoisotopic (exact) mass is 294 g/mol. The maximum absolute atomic E-state index is 6.23. The molecule has 0 bridgehead atoms. The Balaban J connectivity index is 2.34. The fourth-order valence-electron chi connectivity index (χ4n) is 2.10. The lowest BCUT2D eigenvalue weighted by atomic mass is 10.3. The van der Waals surface area contributed by atoms with Gasteiger partial charge < -0.3 is 0 Å². The molecule has 1 unspecified atom stereocenters. The third kappa shape index (κ3) is 2.11. The van der Waals surface area contributed by atoms with E-state index in [-0.39, 0.29) is 5.38 Å². The molecule has 3 aromatic rings. The van der Waals surface area contributed by atoms with Crippen molar-refractivity contribution in [3.8, 4) is 5.82 Å². The number of fused-ring (bicyclic) bond motifs is 1. The van der Waals surface area contributed by atoms with Crippen molar-refractivity contribution in [2.24, 2.45) is 7.05 Å². The van der Waals surface area contributed by atoms with Crippen molar-refractivity contribution in [2.75, 3.05) is 0 Å². The summed E-state index contributed by atoms with van der Waals surface area (Å²) in [5.41, 5.74) is 1.77. The third-order valence-electron chi connectivity index (χ3n) is 2.93. The molecule has 0 fully saturated rings. The van der Waals surface area contributed by atoms with Gasteiger partial charge in [0.05, 0.1) is 16.4 Å². The summed E-state index contributed by atoms with van der Waals surface area (Å²) in [7, 11) is 1.88. The molecule has 0 aliphatic rings. The quantitative estimate of drug-likeness (QED) is 0.676. The second-order valence-electron chi connectivity index (χ2n) is 4.40. The number of aryl methyl sites for hydroxylation is 1. The average Bonchev–Trinajstić information content (AvgIpc) is 2.91. The van der Waals surface area contributed by atoms with Crippen molar-refractivity contribution in [1.82, 2.24) is 19.3 Å². The zero-order valence-electron chi connectivity index (χ0n) is 10.5. The normalized spacial score (nSPS) is 13.1. The van der Waals surface area contributed by atoms with Crippen LogP contribution >= 0.6 is 23.2 Å². The summed E-state index contributed by atoms with van der Waals surface area (Å²) < 4.78 is 3.71. The molecule has 0 spiro atoms. The highest BCUT2D eigenvalue weighted by Gasteiger charge is 2.17. The molecule has 0 aliphatic carbocycles. The van der Waals surface area contributed by atoms with E-state index >= 15 is 0 Å². The predicted molar refractivity (Wildman–Crippen MR) is 77.1 cm³/mol. The molecule has 0 N–H and O–H groups in total. The minimum atomic E-state index is -0.215. The van der Waals surface area contributed by atoms with Gasteiger partial charge in [0.1, 0.15) is 5.82 Å². The van der Waals surface area contributed by atoms with Crippen LogP contribution in [0.5, 0.6) is 0 Å². The second kappa shape index (κ2) is 4.54. The Morgan fingerprint density at radius 1 is 1.26 bits per heavy atom. The van der Waals surface area contributed by atoms with E-state index in [2.05, 4.69) is 10.1 Å². The Kier molecular flexibility index (Phi) is 2.99. The molecule has 6 heteroatoms. The van der Waals surface area contributed by atoms with Crippen molar-refractivity contribution >= 4 is 34.2 Å². The first-order valence-corrected chi connectivity index (χ1v) is 6.69. The Bertz CT molecular complexity index is 742. The molecule has 0 saturated carbocycles. The van der Waals surface area contributed by atoms with Gasteiger partial charge in [-0.25, -0.2) is 4.98 Å². The summed E-state index contributed by atoms with van der Waals surface area (Å²) in [5, 5.41) is 4.86. The third-order valence-corrected chi connectivity index (χ3v) is 3.36. The summed E-state index contributed by atoms with van der Waals surface area (Å²) in [6.07, 6.45) is 1.89. The Hall–Kier alpha value is -1.52. The summed E-state index contributed by atoms with van der Waals surface area (Å²) in [4.78, 5) is 4.56. The number of aromatic nitrogens is 4. The van der Waals surface area contributed by atoms with E-state index in [0.717, 1.165) is 22.7 Å². The number of hydrogen-bond acceptors (Lipinski definition) is 2. The topological polar surface area (TPSA) is 35.6 Å². The van der Waals surface area contributed by atoms with Gasteiger partial charge in [0.15, 0.2) is 5.82 Å². The number of hydrogen-bond donors (Lipinski definition) is 0. The first-order valence-electron chi connectivity index (χ1n) is 5.88. The standard InChI is InChI=1S/C13H12Cl2N4/c1-8(14)13-16-10-7-9(15)3-4-11(10)19(13)12-5-6-18(2)17-12/h3-8H,1-2H3. The lowest BCUT2D eigenvalue weighted by Crippen LogP contribution is -2.03. The van der Waals surface area contributed by atoms with Crippen LogP contribution in [0.1, 0.15) is 18.1 Å². The zero-order valence-corrected chi connectivity index (χ0v) is 12.0. The van der Waals surface area contributed by atoms with E-state index in [0.29, 0.717) is 5.02 Å². The highest BCUT2D eigenvalue weighted by Crippen LogP contribution is 2.28. The molecule has 0 radical (unpaired) electrons. The molecule has 1 atom stereocenters. The van der Waals surface area contributed by atoms with Crippen LogP contribution in [0, 0.1) is 0 Å². The van der Waals surface area contributed by atoms with Gasteiger partial charge in [-0.15, -0.1) is 11.6 Å². The lowest BCUT2D eigenvalue weighted by Gasteiger charge is -2.07. The molecule has 98 valence electrons. The Morgan fingerprint density at radius 3 is 2.68 bits per heavy atom. The van der Waals surface area contributed by atoms with Crippen LogP contribution < -0.4 is 0 Å². The van der Waals surface area contributed by atoms with Crippen LogP contribution in [-0.2, 0) is 7.05 Å². The SMILES string of the molecule is CC(Cl)c1nc2cc(Cl)ccc2n1-c1ccn(C)n1. The van der Waals surface area contributed by atoms with Crippen LogP contribution in [-0.4, -0.2) is 19.3 Å². The van der Waals surface area contributed by atoms with Crippen LogP contribution in [0.3, 0.4) is 0 Å². The average molecular weight is 295 g/mol. The summed E-state index contributed by atoms with van der Waals surface area (Å²) >= 11 is 12.2. The summed E-state index contributed by atoms with van der Waals surface area (Å²) in [6.45, 7) is 1.89. The molecular formula is C13H12Cl2N4. The fourth-order valence-corrected chi connectivity index (χ4v) is 2.41. The molecule has 0 saturated heterocycles. The molecule has 2 aromatic heterocycles. The highest BCUT2D eigenvalue weighted by molar-refractivity contribution is 6.31. The first-order chi connectivity index (χ1) is 9.06. The molecule has 1 aromatic carbocycles. The number of rotatable bonds is 2. The second-order valence-corrected chi connectivity index (χ2v) is 5.49. The van der Waals surface area contributed by atoms with E-state index in [4.69, 9.17) is 23.2 Å². The van der Waals surface area contributed by atoms with Gasteiger partial charge in [-0.1, -0.05) is 11.6 Å². The number of alkyl halides is 1. The van der Waals surface area contributed by atoms with Crippen molar-refractivity contribution in [2.45, 2.75) is 12.3 Å². The summed E-state index contributed by atoms with van der Waals surface area (Å²) in [5.74, 6) is 1.56. The number of nitrogens with zero attached hydrogens (tertiary/aromatic N) is 4. The highest BCUT2D eigenvalue weighted by atomic mass is 35.5. The molecule has 0 amide bonds. The van der Waals surface area contributed by atoms with Gasteiger partial charge in [0.25, 0.3) is 0 Å². The lowest BCUT2D eigenvalue weighted by molar-refractivity contribution is 0.744. The van der Waals surface area contributed by atoms with Crippen molar-refractivity contribution in [3.63, 3.8) is 0 Å². The van der Waals surface area contributed by atoms with Gasteiger partial charge in [-0.3, -0.25) is 9.25 Å². The number of benzene rings is 1. The largest absolute Gasteiger partial charge is 0.278 e. The number of halogens is 2. The first kappa shape index (κ1) is 12.5. The number of imidazole rings is 1. The van der Waals surface area contributed by atoms with Crippen LogP contribution in [0.4, 0.5) is 0 Å². The van der Waals surface area contributed by atoms with E-state index in [1.54, 1.807) is 4.68 Å². The summed E-state index contributed by atoms with van der Waals surface area (Å²) in [6, 6.07) is 7.54. The van der Waals surface area contributed by atoms with Crippen LogP contribution in [0.2, 0.25) is 5.02 Å². The minimum Gasteiger partial charge on any atom is -0.278 e. The smallest absolute Gasteiger partial charge is 0.160 e.